The Hall–Kier alpha value is -0.891. The summed E-state index contributed by atoms with van der Waals surface area (Å²) in [6.07, 6.45) is 0.893. The van der Waals surface area contributed by atoms with E-state index in [9.17, 15) is 9.90 Å². The summed E-state index contributed by atoms with van der Waals surface area (Å²) in [6, 6.07) is 9.86. The topological polar surface area (TPSA) is 37.3 Å². The van der Waals surface area contributed by atoms with Crippen LogP contribution in [0.5, 0.6) is 0 Å². The number of aliphatic hydroxyl groups excluding tert-OH is 1. The number of hydrogen-bond acceptors (Lipinski definition) is 2. The summed E-state index contributed by atoms with van der Waals surface area (Å²) in [5.74, 6) is -0.165. The molecule has 3 heteroatoms. The third kappa shape index (κ3) is 3.63. The molecule has 0 aliphatic rings. The molecule has 80 valence electrons. The van der Waals surface area contributed by atoms with Gasteiger partial charge >= 0.3 is 95.9 Å². The van der Waals surface area contributed by atoms with Gasteiger partial charge in [-0.3, -0.25) is 0 Å². The number of benzene rings is 1. The molecule has 0 radical (unpaired) electrons. The Kier molecular flexibility index (Phi) is 4.76. The Morgan fingerprint density at radius 2 is 2.00 bits per heavy atom. The number of aliphatic hydroxyl groups is 1. The fraction of sp³-hybridized carbons (Fsp3) is 0.250. The average Bonchev–Trinajstić information content (AvgIpc) is 2.26. The van der Waals surface area contributed by atoms with Gasteiger partial charge in [0.2, 0.25) is 0 Å². The summed E-state index contributed by atoms with van der Waals surface area (Å²) in [5, 5.41) is 9.22. The number of hydrogen-bond donors (Lipinski definition) is 1. The first-order chi connectivity index (χ1) is 7.15. The van der Waals surface area contributed by atoms with Gasteiger partial charge < -0.3 is 0 Å². The second-order valence-electron chi connectivity index (χ2n) is 3.11. The third-order valence-electron chi connectivity index (χ3n) is 1.86. The van der Waals surface area contributed by atoms with Crippen LogP contribution >= 0.6 is 0 Å². The molecule has 2 nitrogen and oxygen atoms in total. The maximum absolute atomic E-state index is 11.6. The van der Waals surface area contributed by atoms with Crippen molar-refractivity contribution >= 4 is 25.2 Å². The molecular weight excluding hydrogens is 255 g/mol. The van der Waals surface area contributed by atoms with Crippen LogP contribution in [0.1, 0.15) is 13.8 Å². The molecule has 0 fully saturated rings. The second-order valence-corrected chi connectivity index (χ2v) is 5.45. The summed E-state index contributed by atoms with van der Waals surface area (Å²) < 4.78 is 1.87. The van der Waals surface area contributed by atoms with E-state index >= 15 is 0 Å². The van der Waals surface area contributed by atoms with E-state index in [4.69, 9.17) is 0 Å². The molecule has 0 aromatic heterocycles. The van der Waals surface area contributed by atoms with Gasteiger partial charge in [0, 0.05) is 0 Å². The fourth-order valence-corrected chi connectivity index (χ4v) is 3.04. The van der Waals surface area contributed by atoms with Crippen LogP contribution < -0.4 is 4.46 Å². The number of ketones is 1. The zero-order valence-corrected chi connectivity index (χ0v) is 10.5. The van der Waals surface area contributed by atoms with Gasteiger partial charge in [0.15, 0.2) is 0 Å². The maximum atomic E-state index is 11.6. The molecule has 0 spiro atoms. The van der Waals surface area contributed by atoms with Crippen molar-refractivity contribution in [2.75, 3.05) is 0 Å². The van der Waals surface area contributed by atoms with Crippen molar-refractivity contribution in [3.63, 3.8) is 0 Å². The quantitative estimate of drug-likeness (QED) is 0.650. The van der Waals surface area contributed by atoms with Crippen molar-refractivity contribution in [2.45, 2.75) is 20.0 Å². The van der Waals surface area contributed by atoms with Gasteiger partial charge in [-0.1, -0.05) is 0 Å². The summed E-state index contributed by atoms with van der Waals surface area (Å²) in [6.45, 7) is 3.34. The molecule has 0 heterocycles. The third-order valence-corrected chi connectivity index (χ3v) is 4.30. The van der Waals surface area contributed by atoms with Crippen molar-refractivity contribution in [2.24, 2.45) is 0 Å². The molecule has 1 unspecified atom stereocenters. The number of Topliss-reactive ketones (excluding diaryl/α,β-unsaturated/α-hetero) is 1. The van der Waals surface area contributed by atoms with E-state index in [1.165, 1.54) is 6.92 Å². The fourth-order valence-electron chi connectivity index (χ4n) is 1.07. The van der Waals surface area contributed by atoms with Crippen LogP contribution in [-0.2, 0) is 4.79 Å². The van der Waals surface area contributed by atoms with Gasteiger partial charge in [-0.2, -0.15) is 0 Å². The van der Waals surface area contributed by atoms with Crippen LogP contribution in [0, 0.1) is 0 Å². The first-order valence-corrected chi connectivity index (χ1v) is 6.48. The summed E-state index contributed by atoms with van der Waals surface area (Å²) in [7, 11) is 0. The normalized spacial score (nSPS) is 13.7. The van der Waals surface area contributed by atoms with E-state index < -0.39 is 6.10 Å². The van der Waals surface area contributed by atoms with Crippen LogP contribution in [0.3, 0.4) is 0 Å². The van der Waals surface area contributed by atoms with Crippen molar-refractivity contribution in [3.05, 3.63) is 40.9 Å². The van der Waals surface area contributed by atoms with Crippen molar-refractivity contribution < 1.29 is 9.90 Å². The number of rotatable bonds is 4. The van der Waals surface area contributed by atoms with E-state index in [1.54, 1.807) is 6.08 Å². The molecule has 0 bridgehead atoms. The SMILES string of the molecule is C/C=C(/[Se]c1ccccc1)C(=O)C(C)O. The zero-order valence-electron chi connectivity index (χ0n) is 8.81. The van der Waals surface area contributed by atoms with Crippen LogP contribution in [0.25, 0.3) is 0 Å². The van der Waals surface area contributed by atoms with Gasteiger partial charge in [0.05, 0.1) is 0 Å². The van der Waals surface area contributed by atoms with E-state index in [0.29, 0.717) is 0 Å². The molecular formula is C12H14O2Se. The number of allylic oxidation sites excluding steroid dienone is 1. The van der Waals surface area contributed by atoms with Crippen molar-refractivity contribution in [1.29, 1.82) is 0 Å². The minimum absolute atomic E-state index is 0.00984. The Labute approximate surface area is 96.2 Å². The molecule has 0 aliphatic heterocycles. The molecule has 1 atom stereocenters. The summed E-state index contributed by atoms with van der Waals surface area (Å²) in [5.41, 5.74) is 0. The monoisotopic (exact) mass is 270 g/mol. The second kappa shape index (κ2) is 5.86. The molecule has 1 N–H and O–H groups in total. The average molecular weight is 269 g/mol. The predicted octanol–water partition coefficient (Wildman–Crippen LogP) is 0.870. The molecule has 15 heavy (non-hydrogen) atoms. The number of carbonyl (C=O) groups is 1. The van der Waals surface area contributed by atoms with Gasteiger partial charge in [-0.15, -0.1) is 0 Å². The minimum atomic E-state index is -0.901. The van der Waals surface area contributed by atoms with Gasteiger partial charge in [-0.05, 0) is 0 Å². The zero-order chi connectivity index (χ0) is 11.3. The molecule has 0 aliphatic carbocycles. The van der Waals surface area contributed by atoms with Gasteiger partial charge in [-0.25, -0.2) is 0 Å². The van der Waals surface area contributed by atoms with E-state index in [-0.39, 0.29) is 20.7 Å². The van der Waals surface area contributed by atoms with Crippen LogP contribution in [0.4, 0.5) is 0 Å². The first kappa shape index (κ1) is 12.2. The molecule has 0 saturated heterocycles. The predicted molar refractivity (Wildman–Crippen MR) is 62.3 cm³/mol. The van der Waals surface area contributed by atoms with E-state index in [0.717, 1.165) is 8.93 Å². The molecule has 0 saturated carbocycles. The van der Waals surface area contributed by atoms with Gasteiger partial charge in [0.25, 0.3) is 0 Å². The van der Waals surface area contributed by atoms with Crippen LogP contribution in [-0.4, -0.2) is 32.0 Å². The van der Waals surface area contributed by atoms with Gasteiger partial charge in [0.1, 0.15) is 0 Å². The van der Waals surface area contributed by atoms with Crippen molar-refractivity contribution in [1.82, 2.24) is 0 Å². The molecule has 1 aromatic rings. The molecule has 1 rings (SSSR count). The summed E-state index contributed by atoms with van der Waals surface area (Å²) >= 11 is -0.00984. The molecule has 1 aromatic carbocycles. The standard InChI is InChI=1S/C12H14O2Se/c1-3-11(12(14)9(2)13)15-10-7-5-4-6-8-10/h3-9,13H,1-2H3/b11-3+. The van der Waals surface area contributed by atoms with Crippen molar-refractivity contribution in [3.8, 4) is 0 Å². The summed E-state index contributed by atoms with van der Waals surface area (Å²) in [4.78, 5) is 11.6. The Bertz CT molecular complexity index is 355. The molecule has 0 amide bonds. The van der Waals surface area contributed by atoms with E-state index in [1.807, 2.05) is 37.3 Å². The number of carbonyl (C=O) groups excluding carboxylic acids is 1. The van der Waals surface area contributed by atoms with E-state index in [2.05, 4.69) is 0 Å². The Morgan fingerprint density at radius 1 is 1.40 bits per heavy atom. The van der Waals surface area contributed by atoms with Crippen LogP contribution in [0.15, 0.2) is 40.9 Å². The Balaban J connectivity index is 2.76. The first-order valence-electron chi connectivity index (χ1n) is 4.76. The van der Waals surface area contributed by atoms with Crippen LogP contribution in [0.2, 0.25) is 0 Å². The Morgan fingerprint density at radius 3 is 2.47 bits per heavy atom.